The molecule has 1 N–H and O–H groups in total. The summed E-state index contributed by atoms with van der Waals surface area (Å²) >= 11 is 12.7. The molecular formula is C34H34Cl2FN3O4S. The molecule has 0 aliphatic heterocycles. The summed E-state index contributed by atoms with van der Waals surface area (Å²) in [5.41, 5.74) is 0.912. The van der Waals surface area contributed by atoms with Gasteiger partial charge in [-0.1, -0.05) is 104 Å². The average Bonchev–Trinajstić information content (AvgIpc) is 3.03. The molecule has 11 heteroatoms. The fourth-order valence-corrected chi connectivity index (χ4v) is 6.58. The Labute approximate surface area is 273 Å². The molecular weight excluding hydrogens is 636 g/mol. The molecule has 0 bridgehead atoms. The van der Waals surface area contributed by atoms with Gasteiger partial charge in [0.25, 0.3) is 10.0 Å². The minimum absolute atomic E-state index is 0.0175. The van der Waals surface area contributed by atoms with Gasteiger partial charge in [-0.05, 0) is 47.9 Å². The third kappa shape index (κ3) is 8.84. The Morgan fingerprint density at radius 1 is 0.867 bits per heavy atom. The van der Waals surface area contributed by atoms with E-state index in [1.165, 1.54) is 53.4 Å². The Morgan fingerprint density at radius 2 is 1.49 bits per heavy atom. The number of amides is 2. The summed E-state index contributed by atoms with van der Waals surface area (Å²) < 4.78 is 44.0. The average molecular weight is 671 g/mol. The Hall–Kier alpha value is -3.92. The summed E-state index contributed by atoms with van der Waals surface area (Å²) in [4.78, 5) is 29.4. The van der Waals surface area contributed by atoms with E-state index in [1.807, 2.05) is 44.2 Å². The van der Waals surface area contributed by atoms with E-state index < -0.39 is 40.2 Å². The van der Waals surface area contributed by atoms with Crippen molar-refractivity contribution in [1.82, 2.24) is 10.2 Å². The van der Waals surface area contributed by atoms with Crippen LogP contribution in [0.4, 0.5) is 10.1 Å². The van der Waals surface area contributed by atoms with Crippen molar-refractivity contribution >= 4 is 50.7 Å². The lowest BCUT2D eigenvalue weighted by atomic mass is 10.0. The Morgan fingerprint density at radius 3 is 2.13 bits per heavy atom. The maximum Gasteiger partial charge on any atom is 0.264 e. The predicted octanol–water partition coefficient (Wildman–Crippen LogP) is 6.74. The second-order valence-electron chi connectivity index (χ2n) is 10.9. The van der Waals surface area contributed by atoms with Crippen molar-refractivity contribution < 1.29 is 22.4 Å². The van der Waals surface area contributed by atoms with E-state index in [9.17, 15) is 18.0 Å². The smallest absolute Gasteiger partial charge is 0.264 e. The number of carbonyl (C=O) groups is 2. The molecule has 4 aromatic carbocycles. The zero-order chi connectivity index (χ0) is 32.6. The van der Waals surface area contributed by atoms with Gasteiger partial charge in [0.2, 0.25) is 11.8 Å². The van der Waals surface area contributed by atoms with Crippen LogP contribution in [0.25, 0.3) is 0 Å². The number of hydrogen-bond donors (Lipinski definition) is 1. The van der Waals surface area contributed by atoms with Crippen LogP contribution in [-0.4, -0.2) is 44.3 Å². The number of nitrogens with zero attached hydrogens (tertiary/aromatic N) is 2. The standard InChI is InChI=1S/C34H34Cl2FN3O4S/c1-24(2)21-38-34(42)32(19-25-11-5-3-6-12-25)39(22-26-13-9-10-16-30(26)37)33(41)23-40(31-20-27(35)17-18-29(31)36)45(43,44)28-14-7-4-8-15-28/h3-18,20,24,32H,19,21-23H2,1-2H3,(H,38,42). The van der Waals surface area contributed by atoms with Gasteiger partial charge in [-0.2, -0.15) is 0 Å². The lowest BCUT2D eigenvalue weighted by Gasteiger charge is -2.34. The van der Waals surface area contributed by atoms with Crippen LogP contribution in [0.1, 0.15) is 25.0 Å². The summed E-state index contributed by atoms with van der Waals surface area (Å²) in [6.45, 7) is 3.19. The molecule has 1 atom stereocenters. The minimum atomic E-state index is -4.36. The molecule has 7 nitrogen and oxygen atoms in total. The molecule has 0 fully saturated rings. The van der Waals surface area contributed by atoms with Gasteiger partial charge in [-0.15, -0.1) is 0 Å². The second-order valence-corrected chi connectivity index (χ2v) is 13.6. The number of hydrogen-bond acceptors (Lipinski definition) is 4. The molecule has 236 valence electrons. The highest BCUT2D eigenvalue weighted by Gasteiger charge is 2.35. The van der Waals surface area contributed by atoms with E-state index in [4.69, 9.17) is 23.2 Å². The Balaban J connectivity index is 1.83. The number of halogens is 3. The quantitative estimate of drug-likeness (QED) is 0.171. The van der Waals surface area contributed by atoms with Crippen LogP contribution in [0.3, 0.4) is 0 Å². The number of anilines is 1. The van der Waals surface area contributed by atoms with E-state index in [1.54, 1.807) is 24.3 Å². The highest BCUT2D eigenvalue weighted by atomic mass is 35.5. The topological polar surface area (TPSA) is 86.8 Å². The monoisotopic (exact) mass is 669 g/mol. The highest BCUT2D eigenvalue weighted by molar-refractivity contribution is 7.92. The van der Waals surface area contributed by atoms with Crippen LogP contribution in [0, 0.1) is 11.7 Å². The summed E-state index contributed by atoms with van der Waals surface area (Å²) in [6, 6.07) is 25.8. The molecule has 4 aromatic rings. The Kier molecular flexibility index (Phi) is 11.6. The lowest BCUT2D eigenvalue weighted by Crippen LogP contribution is -2.53. The number of carbonyl (C=O) groups excluding carboxylic acids is 2. The van der Waals surface area contributed by atoms with Crippen molar-refractivity contribution in [2.24, 2.45) is 5.92 Å². The van der Waals surface area contributed by atoms with Gasteiger partial charge in [0, 0.05) is 30.1 Å². The molecule has 4 rings (SSSR count). The third-order valence-corrected chi connectivity index (χ3v) is 9.37. The third-order valence-electron chi connectivity index (χ3n) is 7.04. The molecule has 0 heterocycles. The fourth-order valence-electron chi connectivity index (χ4n) is 4.70. The summed E-state index contributed by atoms with van der Waals surface area (Å²) in [5.74, 6) is -1.63. The van der Waals surface area contributed by atoms with E-state index in [0.717, 1.165) is 9.87 Å². The first kappa shape index (κ1) is 34.0. The first-order chi connectivity index (χ1) is 21.5. The van der Waals surface area contributed by atoms with Crippen molar-refractivity contribution in [2.45, 2.75) is 37.8 Å². The Bertz CT molecular complexity index is 1720. The van der Waals surface area contributed by atoms with Crippen molar-refractivity contribution in [3.8, 4) is 0 Å². The lowest BCUT2D eigenvalue weighted by molar-refractivity contribution is -0.140. The SMILES string of the molecule is CC(C)CNC(=O)C(Cc1ccccc1)N(Cc1ccccc1F)C(=O)CN(c1cc(Cl)ccc1Cl)S(=O)(=O)c1ccccc1. The summed E-state index contributed by atoms with van der Waals surface area (Å²) in [7, 11) is -4.36. The number of rotatable bonds is 13. The van der Waals surface area contributed by atoms with Crippen LogP contribution in [-0.2, 0) is 32.6 Å². The molecule has 1 unspecified atom stereocenters. The van der Waals surface area contributed by atoms with Gasteiger partial charge in [0.15, 0.2) is 0 Å². The maximum absolute atomic E-state index is 15.0. The van der Waals surface area contributed by atoms with Crippen LogP contribution in [0.5, 0.6) is 0 Å². The van der Waals surface area contributed by atoms with Crippen molar-refractivity contribution in [1.29, 1.82) is 0 Å². The molecule has 0 saturated carbocycles. The van der Waals surface area contributed by atoms with Crippen LogP contribution < -0.4 is 9.62 Å². The largest absolute Gasteiger partial charge is 0.354 e. The molecule has 2 amide bonds. The minimum Gasteiger partial charge on any atom is -0.354 e. The van der Waals surface area contributed by atoms with Crippen LogP contribution in [0.2, 0.25) is 10.0 Å². The molecule has 0 aromatic heterocycles. The molecule has 0 saturated heterocycles. The molecule has 0 aliphatic rings. The number of nitrogens with one attached hydrogen (secondary N) is 1. The fraction of sp³-hybridized carbons (Fsp3) is 0.235. The van der Waals surface area contributed by atoms with Gasteiger partial charge in [-0.3, -0.25) is 13.9 Å². The van der Waals surface area contributed by atoms with Gasteiger partial charge >= 0.3 is 0 Å². The van der Waals surface area contributed by atoms with Gasteiger partial charge in [0.1, 0.15) is 18.4 Å². The van der Waals surface area contributed by atoms with Crippen molar-refractivity contribution in [3.63, 3.8) is 0 Å². The maximum atomic E-state index is 15.0. The summed E-state index contributed by atoms with van der Waals surface area (Å²) in [6.07, 6.45) is 0.105. The molecule has 45 heavy (non-hydrogen) atoms. The second kappa shape index (κ2) is 15.4. The van der Waals surface area contributed by atoms with Gasteiger partial charge < -0.3 is 10.2 Å². The number of benzene rings is 4. The molecule has 0 aliphatic carbocycles. The van der Waals surface area contributed by atoms with E-state index in [-0.39, 0.29) is 45.1 Å². The number of sulfonamides is 1. The van der Waals surface area contributed by atoms with E-state index in [2.05, 4.69) is 5.32 Å². The van der Waals surface area contributed by atoms with Gasteiger partial charge in [-0.25, -0.2) is 12.8 Å². The highest BCUT2D eigenvalue weighted by Crippen LogP contribution is 2.33. The van der Waals surface area contributed by atoms with E-state index >= 15 is 4.39 Å². The first-order valence-corrected chi connectivity index (χ1v) is 16.5. The predicted molar refractivity (Wildman–Crippen MR) is 176 cm³/mol. The molecule has 0 spiro atoms. The molecule has 0 radical (unpaired) electrons. The van der Waals surface area contributed by atoms with E-state index in [0.29, 0.717) is 6.54 Å². The van der Waals surface area contributed by atoms with Gasteiger partial charge in [0.05, 0.1) is 15.6 Å². The zero-order valence-corrected chi connectivity index (χ0v) is 27.2. The van der Waals surface area contributed by atoms with Crippen LogP contribution in [0.15, 0.2) is 108 Å². The van der Waals surface area contributed by atoms with Crippen LogP contribution >= 0.6 is 23.2 Å². The first-order valence-electron chi connectivity index (χ1n) is 14.3. The normalized spacial score (nSPS) is 12.0. The van der Waals surface area contributed by atoms with Crippen molar-refractivity contribution in [2.75, 3.05) is 17.4 Å². The van der Waals surface area contributed by atoms with Crippen molar-refractivity contribution in [3.05, 3.63) is 130 Å². The summed E-state index contributed by atoms with van der Waals surface area (Å²) in [5, 5.41) is 3.15. The zero-order valence-electron chi connectivity index (χ0n) is 24.9.